The monoisotopic (exact) mass is 761 g/mol. The molecular formula is C41H84AsNO2PS+. The summed E-state index contributed by atoms with van der Waals surface area (Å²) in [4.78, 5) is 0. The molecule has 0 heterocycles. The summed E-state index contributed by atoms with van der Waals surface area (Å²) in [6.45, 7) is 4.59. The van der Waals surface area contributed by atoms with Gasteiger partial charge in [-0.3, -0.25) is 0 Å². The van der Waals surface area contributed by atoms with Crippen LogP contribution >= 0.6 is 6.64 Å². The molecule has 0 rings (SSSR count). The van der Waals surface area contributed by atoms with Crippen LogP contribution in [-0.4, -0.2) is 33.3 Å². The second kappa shape index (κ2) is 36.4. The number of hydrogen-bond donors (Lipinski definition) is 1. The van der Waals surface area contributed by atoms with Gasteiger partial charge in [-0.25, -0.2) is 0 Å². The van der Waals surface area contributed by atoms with E-state index in [0.29, 0.717) is 0 Å². The molecule has 0 fully saturated rings. The van der Waals surface area contributed by atoms with Gasteiger partial charge in [-0.2, -0.15) is 0 Å². The van der Waals surface area contributed by atoms with Crippen LogP contribution in [0.3, 0.4) is 0 Å². The van der Waals surface area contributed by atoms with Crippen LogP contribution < -0.4 is 5.09 Å². The van der Waals surface area contributed by atoms with Gasteiger partial charge in [-0.15, -0.1) is 0 Å². The van der Waals surface area contributed by atoms with Crippen molar-refractivity contribution in [1.82, 2.24) is 5.09 Å². The summed E-state index contributed by atoms with van der Waals surface area (Å²) < 4.78 is 12.6. The first kappa shape index (κ1) is 47.6. The average Bonchev–Trinajstić information content (AvgIpc) is 3.03. The van der Waals surface area contributed by atoms with Crippen LogP contribution in [0.25, 0.3) is 0 Å². The van der Waals surface area contributed by atoms with E-state index in [2.05, 4.69) is 60.4 Å². The van der Waals surface area contributed by atoms with Crippen molar-refractivity contribution in [2.24, 2.45) is 0 Å². The molecule has 3 nitrogen and oxygen atoms in total. The molecule has 0 aromatic heterocycles. The van der Waals surface area contributed by atoms with Gasteiger partial charge in [0.15, 0.2) is 0 Å². The molecule has 47 heavy (non-hydrogen) atoms. The maximum absolute atomic E-state index is 6.29. The van der Waals surface area contributed by atoms with Crippen LogP contribution in [0.2, 0.25) is 22.3 Å². The van der Waals surface area contributed by atoms with Crippen LogP contribution in [0, 0.1) is 0 Å². The Balaban J connectivity index is 3.91. The summed E-state index contributed by atoms with van der Waals surface area (Å²) >= 11 is 4.52. The van der Waals surface area contributed by atoms with Crippen molar-refractivity contribution in [3.8, 4) is 0 Å². The molecule has 0 amide bonds. The predicted molar refractivity (Wildman–Crippen MR) is 221 cm³/mol. The van der Waals surface area contributed by atoms with Crippen LogP contribution in [0.15, 0.2) is 24.3 Å². The van der Waals surface area contributed by atoms with Gasteiger partial charge in [-0.05, 0) is 38.5 Å². The first-order valence-electron chi connectivity index (χ1n) is 20.6. The molecule has 0 aliphatic heterocycles. The second-order valence-corrected chi connectivity index (χ2v) is 28.8. The number of nitrogens with one attached hydrogen (secondary N) is 1. The zero-order valence-corrected chi connectivity index (χ0v) is 36.1. The van der Waals surface area contributed by atoms with Gasteiger partial charge in [0.1, 0.15) is 0 Å². The number of allylic oxidation sites excluding steroid dienone is 4. The molecule has 6 heteroatoms. The molecule has 0 saturated carbocycles. The Morgan fingerprint density at radius 3 is 1.09 bits per heavy atom. The van der Waals surface area contributed by atoms with Gasteiger partial charge >= 0.3 is 165 Å². The van der Waals surface area contributed by atoms with E-state index in [-0.39, 0.29) is 0 Å². The van der Waals surface area contributed by atoms with Crippen molar-refractivity contribution < 1.29 is 9.05 Å². The summed E-state index contributed by atoms with van der Waals surface area (Å²) in [5, 5.41) is 4.82. The van der Waals surface area contributed by atoms with E-state index in [9.17, 15) is 0 Å². The van der Waals surface area contributed by atoms with E-state index in [1.165, 1.54) is 172 Å². The summed E-state index contributed by atoms with van der Waals surface area (Å²) in [5.41, 5.74) is 7.35. The zero-order chi connectivity index (χ0) is 34.6. The van der Waals surface area contributed by atoms with E-state index < -0.39 is 20.2 Å². The topological polar surface area (TPSA) is 30.5 Å². The Hall–Kier alpha value is 0.568. The van der Waals surface area contributed by atoms with Gasteiger partial charge in [0, 0.05) is 0 Å². The molecule has 0 aliphatic carbocycles. The summed E-state index contributed by atoms with van der Waals surface area (Å²) in [5.74, 6) is 0. The van der Waals surface area contributed by atoms with E-state index >= 15 is 0 Å². The third kappa shape index (κ3) is 39.2. The smallest absolute Gasteiger partial charge is 0.0885 e. The molecule has 0 aliphatic rings. The maximum atomic E-state index is 6.29. The van der Waals surface area contributed by atoms with Crippen molar-refractivity contribution >= 4 is 32.0 Å². The third-order valence-electron chi connectivity index (χ3n) is 8.92. The molecule has 1 N–H and O–H groups in total. The molecule has 0 atom stereocenters. The van der Waals surface area contributed by atoms with Crippen molar-refractivity contribution in [1.29, 1.82) is 0 Å². The average molecular weight is 761 g/mol. The summed E-state index contributed by atoms with van der Waals surface area (Å²) in [6, 6.07) is 0. The molecular weight excluding hydrogens is 676 g/mol. The molecule has 0 bridgehead atoms. The fourth-order valence-electron chi connectivity index (χ4n) is 5.72. The van der Waals surface area contributed by atoms with E-state index in [1.807, 2.05) is 0 Å². The van der Waals surface area contributed by atoms with Crippen LogP contribution in [0.1, 0.15) is 194 Å². The number of hydrogen-bond acceptors (Lipinski definition) is 3. The molecule has 0 saturated heterocycles. The normalized spacial score (nSPS) is 12.7. The Labute approximate surface area is 304 Å². The van der Waals surface area contributed by atoms with E-state index in [1.54, 1.807) is 0 Å². The minimum absolute atomic E-state index is 0.731. The minimum Gasteiger partial charge on any atom is -0.0885 e. The zero-order valence-electron chi connectivity index (χ0n) is 32.6. The molecule has 0 spiro atoms. The first-order valence-corrected chi connectivity index (χ1v) is 30.2. The van der Waals surface area contributed by atoms with E-state index in [4.69, 9.17) is 20.9 Å². The standard InChI is InChI=1S/C41H84AsNO2PS/c1-6-8-10-12-14-16-18-20-22-24-26-28-30-32-34-36-40-44-46(47,43-39-38-42(3,4)5)45-41-37-35-33-31-29-27-25-23-21-19-17-15-13-11-9-7-2/h20-23H,6-19,24-41H2,1-5H3,(H,43,47)/q+1/b22-20-,23-21-. The van der Waals surface area contributed by atoms with Gasteiger partial charge in [0.2, 0.25) is 0 Å². The summed E-state index contributed by atoms with van der Waals surface area (Å²) in [7, 11) is 0. The van der Waals surface area contributed by atoms with Crippen molar-refractivity contribution in [3.63, 3.8) is 0 Å². The third-order valence-corrected chi connectivity index (χ3v) is 14.9. The predicted octanol–water partition coefficient (Wildman–Crippen LogP) is 15.2. The van der Waals surface area contributed by atoms with Gasteiger partial charge < -0.3 is 0 Å². The minimum atomic E-state index is -2.39. The molecule has 280 valence electrons. The SMILES string of the molecule is CCCCCCCC/C=C\CCCCCCCCOP(=S)(NCC[As+](C)(C)C)OCCCCCCCC/C=C\CCCCCCCC. The van der Waals surface area contributed by atoms with Crippen molar-refractivity contribution in [2.45, 2.75) is 216 Å². The Bertz CT molecular complexity index is 691. The van der Waals surface area contributed by atoms with Crippen molar-refractivity contribution in [2.75, 3.05) is 19.8 Å². The van der Waals surface area contributed by atoms with Gasteiger partial charge in [0.05, 0.1) is 0 Å². The van der Waals surface area contributed by atoms with Crippen LogP contribution in [-0.2, 0) is 20.9 Å². The van der Waals surface area contributed by atoms with Gasteiger partial charge in [-0.1, -0.05) is 102 Å². The first-order chi connectivity index (χ1) is 22.8. The molecule has 0 aromatic carbocycles. The Morgan fingerprint density at radius 2 is 0.766 bits per heavy atom. The fourth-order valence-corrected chi connectivity index (χ4v) is 9.85. The Kier molecular flexibility index (Phi) is 36.8. The molecule has 0 aromatic rings. The van der Waals surface area contributed by atoms with Gasteiger partial charge in [0.25, 0.3) is 0 Å². The quantitative estimate of drug-likeness (QED) is 0.0294. The summed E-state index contributed by atoms with van der Waals surface area (Å²) in [6.07, 6.45) is 46.7. The number of unbranched alkanes of at least 4 members (excludes halogenated alkanes) is 24. The second-order valence-electron chi connectivity index (χ2n) is 15.0. The van der Waals surface area contributed by atoms with Crippen LogP contribution in [0.4, 0.5) is 0 Å². The Morgan fingerprint density at radius 1 is 0.468 bits per heavy atom. The fraction of sp³-hybridized carbons (Fsp3) is 0.902. The number of rotatable bonds is 38. The van der Waals surface area contributed by atoms with Crippen molar-refractivity contribution in [3.05, 3.63) is 24.3 Å². The van der Waals surface area contributed by atoms with E-state index in [0.717, 1.165) is 32.6 Å². The van der Waals surface area contributed by atoms with Crippen LogP contribution in [0.5, 0.6) is 0 Å². The molecule has 0 unspecified atom stereocenters. The molecule has 0 radical (unpaired) electrons.